The standard InChI is InChI=1S/C12H23N3O2/c1-4-16-10(3)12-14-11(17-15-12)6-5-9(2)7-8-13/h9-10H,4-8,13H2,1-3H3. The molecule has 0 aliphatic heterocycles. The van der Waals surface area contributed by atoms with E-state index >= 15 is 0 Å². The molecule has 0 amide bonds. The second-order valence-electron chi connectivity index (χ2n) is 4.37. The van der Waals surface area contributed by atoms with Crippen molar-refractivity contribution in [3.8, 4) is 0 Å². The normalized spacial score (nSPS) is 14.8. The summed E-state index contributed by atoms with van der Waals surface area (Å²) in [5.41, 5.74) is 5.51. The lowest BCUT2D eigenvalue weighted by molar-refractivity contribution is 0.0683. The fourth-order valence-electron chi connectivity index (χ4n) is 1.66. The average Bonchev–Trinajstić information content (AvgIpc) is 2.76. The first-order valence-electron chi connectivity index (χ1n) is 6.31. The summed E-state index contributed by atoms with van der Waals surface area (Å²) >= 11 is 0. The summed E-state index contributed by atoms with van der Waals surface area (Å²) in [7, 11) is 0. The summed E-state index contributed by atoms with van der Waals surface area (Å²) in [6, 6.07) is 0. The SMILES string of the molecule is CCOC(C)c1noc(CCC(C)CCN)n1. The van der Waals surface area contributed by atoms with Gasteiger partial charge in [-0.3, -0.25) is 0 Å². The molecule has 1 rings (SSSR count). The fraction of sp³-hybridized carbons (Fsp3) is 0.833. The Balaban J connectivity index is 2.40. The van der Waals surface area contributed by atoms with Crippen LogP contribution >= 0.6 is 0 Å². The predicted molar refractivity (Wildman–Crippen MR) is 65.5 cm³/mol. The third-order valence-electron chi connectivity index (χ3n) is 2.77. The topological polar surface area (TPSA) is 74.2 Å². The van der Waals surface area contributed by atoms with Crippen molar-refractivity contribution in [3.63, 3.8) is 0 Å². The number of aromatic nitrogens is 2. The Kier molecular flexibility index (Phi) is 6.15. The van der Waals surface area contributed by atoms with Crippen LogP contribution in [0.5, 0.6) is 0 Å². The number of nitrogens with zero attached hydrogens (tertiary/aromatic N) is 2. The van der Waals surface area contributed by atoms with Gasteiger partial charge in [-0.15, -0.1) is 0 Å². The van der Waals surface area contributed by atoms with Crippen LogP contribution in [-0.2, 0) is 11.2 Å². The number of nitrogens with two attached hydrogens (primary N) is 1. The molecule has 98 valence electrons. The molecular weight excluding hydrogens is 218 g/mol. The highest BCUT2D eigenvalue weighted by Gasteiger charge is 2.14. The first-order chi connectivity index (χ1) is 8.17. The summed E-state index contributed by atoms with van der Waals surface area (Å²) in [5, 5.41) is 3.92. The van der Waals surface area contributed by atoms with Gasteiger partial charge in [-0.1, -0.05) is 12.1 Å². The van der Waals surface area contributed by atoms with Crippen molar-refractivity contribution in [2.75, 3.05) is 13.2 Å². The molecule has 2 atom stereocenters. The quantitative estimate of drug-likeness (QED) is 0.754. The molecule has 0 aliphatic carbocycles. The highest BCUT2D eigenvalue weighted by Crippen LogP contribution is 2.15. The van der Waals surface area contributed by atoms with Gasteiger partial charge in [0.1, 0.15) is 6.10 Å². The van der Waals surface area contributed by atoms with Gasteiger partial charge in [0.2, 0.25) is 5.89 Å². The monoisotopic (exact) mass is 241 g/mol. The van der Waals surface area contributed by atoms with Gasteiger partial charge in [0.15, 0.2) is 5.82 Å². The Morgan fingerprint density at radius 3 is 2.76 bits per heavy atom. The molecule has 0 radical (unpaired) electrons. The average molecular weight is 241 g/mol. The molecular formula is C12H23N3O2. The third kappa shape index (κ3) is 4.83. The number of hydrogen-bond donors (Lipinski definition) is 1. The molecule has 5 heteroatoms. The summed E-state index contributed by atoms with van der Waals surface area (Å²) in [5.74, 6) is 1.92. The zero-order valence-electron chi connectivity index (χ0n) is 11.0. The van der Waals surface area contributed by atoms with Crippen LogP contribution in [-0.4, -0.2) is 23.3 Å². The minimum atomic E-state index is -0.0982. The largest absolute Gasteiger partial charge is 0.371 e. The smallest absolute Gasteiger partial charge is 0.226 e. The summed E-state index contributed by atoms with van der Waals surface area (Å²) in [6.07, 6.45) is 2.78. The van der Waals surface area contributed by atoms with Crippen molar-refractivity contribution in [1.29, 1.82) is 0 Å². The Morgan fingerprint density at radius 2 is 2.12 bits per heavy atom. The molecule has 1 aromatic heterocycles. The van der Waals surface area contributed by atoms with Crippen molar-refractivity contribution in [1.82, 2.24) is 10.1 Å². The van der Waals surface area contributed by atoms with E-state index in [9.17, 15) is 0 Å². The molecule has 1 aromatic rings. The first-order valence-corrected chi connectivity index (χ1v) is 6.31. The molecule has 5 nitrogen and oxygen atoms in total. The van der Waals surface area contributed by atoms with Crippen LogP contribution in [0.3, 0.4) is 0 Å². The van der Waals surface area contributed by atoms with E-state index in [0.717, 1.165) is 25.8 Å². The molecule has 17 heavy (non-hydrogen) atoms. The van der Waals surface area contributed by atoms with Crippen LogP contribution in [0.25, 0.3) is 0 Å². The number of rotatable bonds is 8. The highest BCUT2D eigenvalue weighted by atomic mass is 16.5. The zero-order chi connectivity index (χ0) is 12.7. The summed E-state index contributed by atoms with van der Waals surface area (Å²) in [4.78, 5) is 4.33. The molecule has 0 aromatic carbocycles. The second kappa shape index (κ2) is 7.40. The van der Waals surface area contributed by atoms with Crippen LogP contribution in [0.4, 0.5) is 0 Å². The highest BCUT2D eigenvalue weighted by molar-refractivity contribution is 4.90. The van der Waals surface area contributed by atoms with E-state index < -0.39 is 0 Å². The maximum Gasteiger partial charge on any atom is 0.226 e. The second-order valence-corrected chi connectivity index (χ2v) is 4.37. The summed E-state index contributed by atoms with van der Waals surface area (Å²) < 4.78 is 10.6. The van der Waals surface area contributed by atoms with Crippen LogP contribution in [0.2, 0.25) is 0 Å². The molecule has 0 bridgehead atoms. The molecule has 2 N–H and O–H groups in total. The minimum absolute atomic E-state index is 0.0982. The van der Waals surface area contributed by atoms with E-state index in [4.69, 9.17) is 15.0 Å². The van der Waals surface area contributed by atoms with E-state index in [-0.39, 0.29) is 6.10 Å². The van der Waals surface area contributed by atoms with Gasteiger partial charge in [0.25, 0.3) is 0 Å². The Labute approximate surface area is 103 Å². The van der Waals surface area contributed by atoms with Gasteiger partial charge in [0.05, 0.1) is 0 Å². The first kappa shape index (κ1) is 14.1. The van der Waals surface area contributed by atoms with Crippen molar-refractivity contribution in [2.24, 2.45) is 11.7 Å². The van der Waals surface area contributed by atoms with Crippen molar-refractivity contribution < 1.29 is 9.26 Å². The van der Waals surface area contributed by atoms with Gasteiger partial charge < -0.3 is 15.0 Å². The fourth-order valence-corrected chi connectivity index (χ4v) is 1.66. The van der Waals surface area contributed by atoms with E-state index in [1.54, 1.807) is 0 Å². The van der Waals surface area contributed by atoms with Crippen LogP contribution in [0, 0.1) is 5.92 Å². The van der Waals surface area contributed by atoms with E-state index in [0.29, 0.717) is 24.2 Å². The zero-order valence-corrected chi connectivity index (χ0v) is 11.0. The van der Waals surface area contributed by atoms with Crippen molar-refractivity contribution in [2.45, 2.75) is 46.1 Å². The third-order valence-corrected chi connectivity index (χ3v) is 2.77. The van der Waals surface area contributed by atoms with Crippen molar-refractivity contribution in [3.05, 3.63) is 11.7 Å². The molecule has 1 heterocycles. The van der Waals surface area contributed by atoms with E-state index in [1.165, 1.54) is 0 Å². The lowest BCUT2D eigenvalue weighted by atomic mass is 10.0. The van der Waals surface area contributed by atoms with E-state index in [2.05, 4.69) is 17.1 Å². The Morgan fingerprint density at radius 1 is 1.35 bits per heavy atom. The van der Waals surface area contributed by atoms with E-state index in [1.807, 2.05) is 13.8 Å². The van der Waals surface area contributed by atoms with Gasteiger partial charge in [0, 0.05) is 13.0 Å². The predicted octanol–water partition coefficient (Wildman–Crippen LogP) is 2.08. The lowest BCUT2D eigenvalue weighted by Gasteiger charge is -2.06. The number of hydrogen-bond acceptors (Lipinski definition) is 5. The molecule has 0 saturated heterocycles. The van der Waals surface area contributed by atoms with Crippen LogP contribution in [0.1, 0.15) is 51.4 Å². The Hall–Kier alpha value is -0.940. The molecule has 0 aliphatic rings. The maximum absolute atomic E-state index is 5.51. The van der Waals surface area contributed by atoms with Crippen LogP contribution < -0.4 is 5.73 Å². The van der Waals surface area contributed by atoms with Gasteiger partial charge >= 0.3 is 0 Å². The maximum atomic E-state index is 5.51. The minimum Gasteiger partial charge on any atom is -0.371 e. The van der Waals surface area contributed by atoms with Gasteiger partial charge in [-0.2, -0.15) is 4.98 Å². The van der Waals surface area contributed by atoms with Crippen molar-refractivity contribution >= 4 is 0 Å². The lowest BCUT2D eigenvalue weighted by Crippen LogP contribution is -2.06. The molecule has 0 fully saturated rings. The van der Waals surface area contributed by atoms with Gasteiger partial charge in [-0.25, -0.2) is 0 Å². The number of ether oxygens (including phenoxy) is 1. The van der Waals surface area contributed by atoms with Crippen LogP contribution in [0.15, 0.2) is 4.52 Å². The number of aryl methyl sites for hydroxylation is 1. The molecule has 0 spiro atoms. The molecule has 0 saturated carbocycles. The van der Waals surface area contributed by atoms with Gasteiger partial charge in [-0.05, 0) is 39.2 Å². The molecule has 2 unspecified atom stereocenters. The Bertz CT molecular complexity index is 314. The summed E-state index contributed by atoms with van der Waals surface area (Å²) in [6.45, 7) is 7.45.